The molecule has 1 saturated heterocycles. The molecule has 0 radical (unpaired) electrons. The number of carboxylic acids is 1. The van der Waals surface area contributed by atoms with Gasteiger partial charge in [0, 0.05) is 25.1 Å². The van der Waals surface area contributed by atoms with Crippen molar-refractivity contribution in [1.29, 1.82) is 0 Å². The number of nitrogens with one attached hydrogen (secondary N) is 1. The van der Waals surface area contributed by atoms with Gasteiger partial charge < -0.3 is 10.0 Å². The molecule has 1 aromatic carbocycles. The standard InChI is InChI=1S/C18H21N3O3/c1-12-15(11-13-5-3-2-4-6-13)16(22)20-18(19-12)21-9-7-14(8-10-21)17(23)24/h2-6,14H,7-11H2,1H3,(H,23,24)(H,19,20,22). The Hall–Kier alpha value is -2.63. The third-order valence-corrected chi connectivity index (χ3v) is 4.58. The monoisotopic (exact) mass is 327 g/mol. The summed E-state index contributed by atoms with van der Waals surface area (Å²) in [5.74, 6) is -0.505. The van der Waals surface area contributed by atoms with E-state index in [-0.39, 0.29) is 11.5 Å². The number of carbonyl (C=O) groups is 1. The van der Waals surface area contributed by atoms with Gasteiger partial charge >= 0.3 is 5.97 Å². The van der Waals surface area contributed by atoms with Gasteiger partial charge in [-0.05, 0) is 25.3 Å². The van der Waals surface area contributed by atoms with Gasteiger partial charge in [-0.1, -0.05) is 30.3 Å². The normalized spacial score (nSPS) is 15.5. The minimum Gasteiger partial charge on any atom is -0.481 e. The molecule has 0 amide bonds. The summed E-state index contributed by atoms with van der Waals surface area (Å²) in [4.78, 5) is 32.9. The van der Waals surface area contributed by atoms with E-state index in [2.05, 4.69) is 9.97 Å². The molecule has 1 fully saturated rings. The van der Waals surface area contributed by atoms with E-state index in [9.17, 15) is 9.59 Å². The molecule has 24 heavy (non-hydrogen) atoms. The molecule has 0 spiro atoms. The van der Waals surface area contributed by atoms with E-state index >= 15 is 0 Å². The topological polar surface area (TPSA) is 86.3 Å². The van der Waals surface area contributed by atoms with Crippen molar-refractivity contribution in [3.8, 4) is 0 Å². The molecule has 1 aliphatic heterocycles. The summed E-state index contributed by atoms with van der Waals surface area (Å²) in [7, 11) is 0. The quantitative estimate of drug-likeness (QED) is 0.896. The zero-order valence-electron chi connectivity index (χ0n) is 13.7. The van der Waals surface area contributed by atoms with Crippen LogP contribution in [0, 0.1) is 12.8 Å². The Morgan fingerprint density at radius 2 is 1.96 bits per heavy atom. The fourth-order valence-corrected chi connectivity index (χ4v) is 3.09. The highest BCUT2D eigenvalue weighted by Gasteiger charge is 2.26. The smallest absolute Gasteiger partial charge is 0.306 e. The molecule has 3 rings (SSSR count). The van der Waals surface area contributed by atoms with Crippen molar-refractivity contribution < 1.29 is 9.90 Å². The van der Waals surface area contributed by atoms with Crippen LogP contribution < -0.4 is 10.5 Å². The van der Waals surface area contributed by atoms with Crippen molar-refractivity contribution in [3.05, 3.63) is 57.5 Å². The number of anilines is 1. The van der Waals surface area contributed by atoms with Gasteiger partial charge in [-0.25, -0.2) is 4.98 Å². The molecule has 0 saturated carbocycles. The zero-order valence-corrected chi connectivity index (χ0v) is 13.7. The van der Waals surface area contributed by atoms with E-state index in [4.69, 9.17) is 5.11 Å². The van der Waals surface area contributed by atoms with E-state index in [1.165, 1.54) is 0 Å². The van der Waals surface area contributed by atoms with Crippen LogP contribution in [0.25, 0.3) is 0 Å². The maximum atomic E-state index is 12.5. The van der Waals surface area contributed by atoms with Crippen LogP contribution in [0.1, 0.15) is 29.7 Å². The second kappa shape index (κ2) is 6.86. The SMILES string of the molecule is Cc1nc(N2CCC(C(=O)O)CC2)[nH]c(=O)c1Cc1ccccc1. The van der Waals surface area contributed by atoms with Gasteiger partial charge in [0.05, 0.1) is 11.6 Å². The molecule has 1 aromatic heterocycles. The van der Waals surface area contributed by atoms with Gasteiger partial charge in [-0.2, -0.15) is 0 Å². The lowest BCUT2D eigenvalue weighted by atomic mass is 9.97. The van der Waals surface area contributed by atoms with Crippen molar-refractivity contribution in [2.24, 2.45) is 5.92 Å². The molecular formula is C18H21N3O3. The Kier molecular flexibility index (Phi) is 4.64. The highest BCUT2D eigenvalue weighted by molar-refractivity contribution is 5.70. The lowest BCUT2D eigenvalue weighted by Crippen LogP contribution is -2.38. The molecule has 2 N–H and O–H groups in total. The van der Waals surface area contributed by atoms with E-state index in [0.29, 0.717) is 43.9 Å². The number of nitrogens with zero attached hydrogens (tertiary/aromatic N) is 2. The van der Waals surface area contributed by atoms with Crippen molar-refractivity contribution in [2.45, 2.75) is 26.2 Å². The number of aromatic amines is 1. The summed E-state index contributed by atoms with van der Waals surface area (Å²) in [6.07, 6.45) is 1.70. The van der Waals surface area contributed by atoms with E-state index < -0.39 is 5.97 Å². The fourth-order valence-electron chi connectivity index (χ4n) is 3.09. The van der Waals surface area contributed by atoms with E-state index in [1.54, 1.807) is 0 Å². The third-order valence-electron chi connectivity index (χ3n) is 4.58. The molecule has 0 bridgehead atoms. The van der Waals surface area contributed by atoms with Crippen LogP contribution in [-0.4, -0.2) is 34.1 Å². The molecule has 6 nitrogen and oxygen atoms in total. The zero-order chi connectivity index (χ0) is 17.1. The Morgan fingerprint density at radius 1 is 1.29 bits per heavy atom. The van der Waals surface area contributed by atoms with Gasteiger partial charge in [-0.3, -0.25) is 14.6 Å². The molecule has 0 atom stereocenters. The maximum absolute atomic E-state index is 12.5. The van der Waals surface area contributed by atoms with E-state index in [1.807, 2.05) is 42.2 Å². The first-order valence-electron chi connectivity index (χ1n) is 8.16. The maximum Gasteiger partial charge on any atom is 0.306 e. The number of aryl methyl sites for hydroxylation is 1. The van der Waals surface area contributed by atoms with E-state index in [0.717, 1.165) is 11.3 Å². The van der Waals surface area contributed by atoms with Gasteiger partial charge in [-0.15, -0.1) is 0 Å². The van der Waals surface area contributed by atoms with Crippen LogP contribution in [0.4, 0.5) is 5.95 Å². The first-order chi connectivity index (χ1) is 11.5. The van der Waals surface area contributed by atoms with Crippen LogP contribution >= 0.6 is 0 Å². The predicted molar refractivity (Wildman–Crippen MR) is 91.4 cm³/mol. The minimum absolute atomic E-state index is 0.123. The molecule has 2 heterocycles. The highest BCUT2D eigenvalue weighted by Crippen LogP contribution is 2.21. The number of hydrogen-bond acceptors (Lipinski definition) is 4. The number of rotatable bonds is 4. The number of benzene rings is 1. The largest absolute Gasteiger partial charge is 0.481 e. The number of aromatic nitrogens is 2. The Bertz CT molecular complexity index is 778. The van der Waals surface area contributed by atoms with Gasteiger partial charge in [0.25, 0.3) is 5.56 Å². The summed E-state index contributed by atoms with van der Waals surface area (Å²) in [5.41, 5.74) is 2.34. The molecule has 126 valence electrons. The summed E-state index contributed by atoms with van der Waals surface area (Å²) in [5, 5.41) is 9.07. The fraction of sp³-hybridized carbons (Fsp3) is 0.389. The van der Waals surface area contributed by atoms with Crippen molar-refractivity contribution in [1.82, 2.24) is 9.97 Å². The summed E-state index contributed by atoms with van der Waals surface area (Å²) >= 11 is 0. The number of H-pyrrole nitrogens is 1. The van der Waals surface area contributed by atoms with Crippen molar-refractivity contribution >= 4 is 11.9 Å². The summed E-state index contributed by atoms with van der Waals surface area (Å²) in [6.45, 7) is 3.04. The van der Waals surface area contributed by atoms with Crippen LogP contribution in [0.15, 0.2) is 35.1 Å². The molecule has 1 aliphatic rings. The van der Waals surface area contributed by atoms with Crippen LogP contribution in [0.2, 0.25) is 0 Å². The van der Waals surface area contributed by atoms with Crippen LogP contribution in [0.3, 0.4) is 0 Å². The lowest BCUT2D eigenvalue weighted by Gasteiger charge is -2.30. The second-order valence-corrected chi connectivity index (χ2v) is 6.22. The molecule has 6 heteroatoms. The average molecular weight is 327 g/mol. The number of piperidine rings is 1. The molecule has 0 unspecified atom stereocenters. The minimum atomic E-state index is -0.745. The van der Waals surface area contributed by atoms with Crippen LogP contribution in [-0.2, 0) is 11.2 Å². The number of hydrogen-bond donors (Lipinski definition) is 2. The second-order valence-electron chi connectivity index (χ2n) is 6.22. The van der Waals surface area contributed by atoms with Crippen LogP contribution in [0.5, 0.6) is 0 Å². The Balaban J connectivity index is 1.78. The number of carboxylic acid groups (broad SMARTS) is 1. The Labute approximate surface area is 140 Å². The molecule has 2 aromatic rings. The van der Waals surface area contributed by atoms with Crippen molar-refractivity contribution in [3.63, 3.8) is 0 Å². The lowest BCUT2D eigenvalue weighted by molar-refractivity contribution is -0.142. The van der Waals surface area contributed by atoms with Gasteiger partial charge in [0.2, 0.25) is 5.95 Å². The average Bonchev–Trinajstić information content (AvgIpc) is 2.59. The Morgan fingerprint density at radius 3 is 2.54 bits per heavy atom. The molecule has 0 aliphatic carbocycles. The summed E-state index contributed by atoms with van der Waals surface area (Å²) in [6, 6.07) is 9.83. The molecular weight excluding hydrogens is 306 g/mol. The van der Waals surface area contributed by atoms with Crippen molar-refractivity contribution in [2.75, 3.05) is 18.0 Å². The van der Waals surface area contributed by atoms with Gasteiger partial charge in [0.1, 0.15) is 0 Å². The third kappa shape index (κ3) is 3.48. The first kappa shape index (κ1) is 16.2. The van der Waals surface area contributed by atoms with Gasteiger partial charge in [0.15, 0.2) is 0 Å². The first-order valence-corrected chi connectivity index (χ1v) is 8.16. The predicted octanol–water partition coefficient (Wildman–Crippen LogP) is 1.97. The highest BCUT2D eigenvalue weighted by atomic mass is 16.4. The number of aliphatic carboxylic acids is 1. The summed E-state index contributed by atoms with van der Waals surface area (Å²) < 4.78 is 0.